The van der Waals surface area contributed by atoms with Crippen LogP contribution in [-0.2, 0) is 14.3 Å². The van der Waals surface area contributed by atoms with Gasteiger partial charge in [0.25, 0.3) is 0 Å². The molecule has 1 heterocycles. The van der Waals surface area contributed by atoms with Crippen molar-refractivity contribution in [2.24, 2.45) is 5.92 Å². The summed E-state index contributed by atoms with van der Waals surface area (Å²) in [6, 6.07) is 7.55. The van der Waals surface area contributed by atoms with Gasteiger partial charge in [-0.25, -0.2) is 0 Å². The first-order valence-electron chi connectivity index (χ1n) is 6.36. The Hall–Kier alpha value is -0.910. The lowest BCUT2D eigenvalue weighted by atomic mass is 10.1. The van der Waals surface area contributed by atoms with E-state index in [1.165, 1.54) is 0 Å². The van der Waals surface area contributed by atoms with Crippen molar-refractivity contribution in [2.45, 2.75) is 25.0 Å². The van der Waals surface area contributed by atoms with Gasteiger partial charge in [0.15, 0.2) is 6.29 Å². The largest absolute Gasteiger partial charge is 0.346 e. The summed E-state index contributed by atoms with van der Waals surface area (Å²) in [5.74, 6) is 0.199. The Kier molecular flexibility index (Phi) is 4.96. The van der Waals surface area contributed by atoms with Crippen molar-refractivity contribution in [1.82, 2.24) is 0 Å². The summed E-state index contributed by atoms with van der Waals surface area (Å²) in [6.07, 6.45) is -0.318. The quantitative estimate of drug-likeness (QED) is 0.864. The molecule has 0 aromatic heterocycles. The number of hydrogen-bond donors (Lipinski definition) is 1. The molecule has 1 atom stereocenters. The van der Waals surface area contributed by atoms with E-state index in [-0.39, 0.29) is 22.9 Å². The first-order valence-corrected chi connectivity index (χ1v) is 7.27. The number of alkyl halides is 1. The van der Waals surface area contributed by atoms with Crippen molar-refractivity contribution < 1.29 is 14.3 Å². The van der Waals surface area contributed by atoms with Crippen LogP contribution in [0.5, 0.6) is 0 Å². The van der Waals surface area contributed by atoms with Crippen molar-refractivity contribution in [3.05, 3.63) is 29.8 Å². The number of ether oxygens (including phenoxy) is 2. The van der Waals surface area contributed by atoms with E-state index in [0.717, 1.165) is 11.3 Å². The van der Waals surface area contributed by atoms with Crippen molar-refractivity contribution in [3.8, 4) is 0 Å². The van der Waals surface area contributed by atoms with Crippen molar-refractivity contribution in [3.63, 3.8) is 0 Å². The summed E-state index contributed by atoms with van der Waals surface area (Å²) in [6.45, 7) is 5.21. The summed E-state index contributed by atoms with van der Waals surface area (Å²) in [5, 5.41) is 2.89. The smallest absolute Gasteiger partial charge is 0.238 e. The molecule has 19 heavy (non-hydrogen) atoms. The zero-order valence-corrected chi connectivity index (χ0v) is 12.6. The summed E-state index contributed by atoms with van der Waals surface area (Å²) in [5.41, 5.74) is 1.68. The molecular formula is C14H18BrNO3. The number of halogens is 1. The van der Waals surface area contributed by atoms with Gasteiger partial charge in [0, 0.05) is 11.3 Å². The molecule has 0 aliphatic carbocycles. The standard InChI is InChI=1S/C14H18BrNO3/c1-9(2)12(15)13(17)16-11-5-3-4-10(8-11)14-18-6-7-19-14/h3-5,8-9,12,14H,6-7H2,1-2H3,(H,16,17). The van der Waals surface area contributed by atoms with E-state index >= 15 is 0 Å². The second-order valence-electron chi connectivity index (χ2n) is 4.83. The maximum absolute atomic E-state index is 12.0. The Morgan fingerprint density at radius 2 is 2.05 bits per heavy atom. The molecule has 1 aliphatic heterocycles. The third kappa shape index (κ3) is 3.78. The molecule has 1 N–H and O–H groups in total. The minimum atomic E-state index is -0.318. The van der Waals surface area contributed by atoms with E-state index < -0.39 is 0 Å². The average Bonchev–Trinajstić information content (AvgIpc) is 2.91. The minimum Gasteiger partial charge on any atom is -0.346 e. The second-order valence-corrected chi connectivity index (χ2v) is 5.82. The highest BCUT2D eigenvalue weighted by Crippen LogP contribution is 2.25. The van der Waals surface area contributed by atoms with E-state index in [2.05, 4.69) is 21.2 Å². The second kappa shape index (κ2) is 6.50. The van der Waals surface area contributed by atoms with Crippen LogP contribution in [0, 0.1) is 5.92 Å². The molecule has 5 heteroatoms. The highest BCUT2D eigenvalue weighted by molar-refractivity contribution is 9.10. The summed E-state index contributed by atoms with van der Waals surface area (Å²) in [4.78, 5) is 11.8. The van der Waals surface area contributed by atoms with Crippen LogP contribution in [-0.4, -0.2) is 23.9 Å². The van der Waals surface area contributed by atoms with Crippen LogP contribution in [0.15, 0.2) is 24.3 Å². The van der Waals surface area contributed by atoms with Gasteiger partial charge in [0.05, 0.1) is 18.0 Å². The number of anilines is 1. The topological polar surface area (TPSA) is 47.6 Å². The molecule has 104 valence electrons. The van der Waals surface area contributed by atoms with Gasteiger partial charge < -0.3 is 14.8 Å². The van der Waals surface area contributed by atoms with E-state index in [4.69, 9.17) is 9.47 Å². The molecule has 1 amide bonds. The van der Waals surface area contributed by atoms with Gasteiger partial charge in [-0.1, -0.05) is 41.9 Å². The monoisotopic (exact) mass is 327 g/mol. The third-order valence-corrected chi connectivity index (χ3v) is 4.36. The van der Waals surface area contributed by atoms with Crippen molar-refractivity contribution in [1.29, 1.82) is 0 Å². The lowest BCUT2D eigenvalue weighted by molar-refractivity contribution is -0.116. The van der Waals surface area contributed by atoms with Crippen molar-refractivity contribution in [2.75, 3.05) is 18.5 Å². The van der Waals surface area contributed by atoms with Crippen LogP contribution in [0.3, 0.4) is 0 Å². The summed E-state index contributed by atoms with van der Waals surface area (Å²) < 4.78 is 10.9. The fourth-order valence-corrected chi connectivity index (χ4v) is 1.94. The molecule has 0 saturated carbocycles. The zero-order valence-electron chi connectivity index (χ0n) is 11.1. The number of carbonyl (C=O) groups is 1. The van der Waals surface area contributed by atoms with Crippen LogP contribution in [0.25, 0.3) is 0 Å². The molecule has 1 unspecified atom stereocenters. The van der Waals surface area contributed by atoms with Crippen LogP contribution in [0.4, 0.5) is 5.69 Å². The van der Waals surface area contributed by atoms with E-state index in [1.807, 2.05) is 38.1 Å². The molecule has 0 bridgehead atoms. The van der Waals surface area contributed by atoms with Gasteiger partial charge in [-0.2, -0.15) is 0 Å². The molecule has 1 saturated heterocycles. The highest BCUT2D eigenvalue weighted by Gasteiger charge is 2.21. The zero-order chi connectivity index (χ0) is 13.8. The molecular weight excluding hydrogens is 310 g/mol. The maximum atomic E-state index is 12.0. The number of amides is 1. The fraction of sp³-hybridized carbons (Fsp3) is 0.500. The first kappa shape index (κ1) is 14.5. The molecule has 0 radical (unpaired) electrons. The Morgan fingerprint density at radius 3 is 2.68 bits per heavy atom. The van der Waals surface area contributed by atoms with Crippen LogP contribution in [0.2, 0.25) is 0 Å². The normalized spacial score (nSPS) is 17.7. The molecule has 1 aromatic rings. The van der Waals surface area contributed by atoms with Crippen molar-refractivity contribution >= 4 is 27.5 Å². The van der Waals surface area contributed by atoms with E-state index in [9.17, 15) is 4.79 Å². The Morgan fingerprint density at radius 1 is 1.37 bits per heavy atom. The predicted octanol–water partition coefficient (Wildman–Crippen LogP) is 3.09. The number of nitrogens with one attached hydrogen (secondary N) is 1. The van der Waals surface area contributed by atoms with E-state index in [1.54, 1.807) is 0 Å². The Balaban J connectivity index is 2.04. The molecule has 0 spiro atoms. The number of rotatable bonds is 4. The molecule has 4 nitrogen and oxygen atoms in total. The van der Waals surface area contributed by atoms with Gasteiger partial charge in [-0.15, -0.1) is 0 Å². The lowest BCUT2D eigenvalue weighted by Gasteiger charge is -2.15. The third-order valence-electron chi connectivity index (χ3n) is 2.88. The first-order chi connectivity index (χ1) is 9.08. The van der Waals surface area contributed by atoms with Gasteiger partial charge in [0.1, 0.15) is 0 Å². The van der Waals surface area contributed by atoms with Gasteiger partial charge >= 0.3 is 0 Å². The highest BCUT2D eigenvalue weighted by atomic mass is 79.9. The summed E-state index contributed by atoms with van der Waals surface area (Å²) in [7, 11) is 0. The maximum Gasteiger partial charge on any atom is 0.238 e. The lowest BCUT2D eigenvalue weighted by Crippen LogP contribution is -2.27. The van der Waals surface area contributed by atoms with Gasteiger partial charge in [-0.05, 0) is 18.1 Å². The molecule has 2 rings (SSSR count). The van der Waals surface area contributed by atoms with E-state index in [0.29, 0.717) is 13.2 Å². The molecule has 1 fully saturated rings. The molecule has 1 aromatic carbocycles. The average molecular weight is 328 g/mol. The van der Waals surface area contributed by atoms with Crippen LogP contribution >= 0.6 is 15.9 Å². The van der Waals surface area contributed by atoms with Gasteiger partial charge in [-0.3, -0.25) is 4.79 Å². The predicted molar refractivity (Wildman–Crippen MR) is 77.3 cm³/mol. The minimum absolute atomic E-state index is 0.0413. The van der Waals surface area contributed by atoms with Gasteiger partial charge in [0.2, 0.25) is 5.91 Å². The Labute approximate surface area is 121 Å². The number of carbonyl (C=O) groups excluding carboxylic acids is 1. The van der Waals surface area contributed by atoms with Crippen LogP contribution in [0.1, 0.15) is 25.7 Å². The number of benzene rings is 1. The molecule has 1 aliphatic rings. The number of hydrogen-bond acceptors (Lipinski definition) is 3. The summed E-state index contributed by atoms with van der Waals surface area (Å²) >= 11 is 3.39. The Bertz CT molecular complexity index is 444. The SMILES string of the molecule is CC(C)C(Br)C(=O)Nc1cccc(C2OCCO2)c1. The van der Waals surface area contributed by atoms with Crippen LogP contribution < -0.4 is 5.32 Å². The fourth-order valence-electron chi connectivity index (χ4n) is 1.83.